The smallest absolute Gasteiger partial charge is 0.326 e. The number of hydrogen-bond acceptors (Lipinski definition) is 4. The molecule has 4 N–H and O–H groups in total. The molecule has 0 unspecified atom stereocenters. The summed E-state index contributed by atoms with van der Waals surface area (Å²) in [6.45, 7) is 0.245. The maximum Gasteiger partial charge on any atom is 0.326 e. The van der Waals surface area contributed by atoms with Crippen molar-refractivity contribution >= 4 is 17.9 Å². The van der Waals surface area contributed by atoms with Crippen LogP contribution in [0.25, 0.3) is 0 Å². The summed E-state index contributed by atoms with van der Waals surface area (Å²) in [6, 6.07) is 3.59. The number of amides is 3. The fourth-order valence-corrected chi connectivity index (χ4v) is 1.61. The first-order valence-corrected chi connectivity index (χ1v) is 6.32. The fraction of sp³-hybridized carbons (Fsp3) is 0.385. The van der Waals surface area contributed by atoms with Crippen molar-refractivity contribution in [3.8, 4) is 0 Å². The van der Waals surface area contributed by atoms with Gasteiger partial charge in [0.05, 0.1) is 12.2 Å². The first-order chi connectivity index (χ1) is 9.90. The van der Waals surface area contributed by atoms with Crippen LogP contribution in [0.5, 0.6) is 0 Å². The van der Waals surface area contributed by atoms with E-state index in [-0.39, 0.29) is 19.4 Å². The van der Waals surface area contributed by atoms with Gasteiger partial charge in [-0.1, -0.05) is 6.07 Å². The normalized spacial score (nSPS) is 11.5. The summed E-state index contributed by atoms with van der Waals surface area (Å²) in [5.74, 6) is -1.83. The van der Waals surface area contributed by atoms with Crippen LogP contribution in [0.1, 0.15) is 18.5 Å². The zero-order valence-corrected chi connectivity index (χ0v) is 11.7. The summed E-state index contributed by atoms with van der Waals surface area (Å²) in [7, 11) is 1.52. The van der Waals surface area contributed by atoms with Gasteiger partial charge in [0, 0.05) is 19.7 Å². The van der Waals surface area contributed by atoms with Crippen molar-refractivity contribution in [2.24, 2.45) is 5.73 Å². The lowest BCUT2D eigenvalue weighted by Gasteiger charge is -2.21. The third kappa shape index (κ3) is 5.89. The molecular weight excluding hydrogens is 276 g/mol. The van der Waals surface area contributed by atoms with Gasteiger partial charge in [0.2, 0.25) is 5.91 Å². The lowest BCUT2D eigenvalue weighted by atomic mass is 10.1. The third-order valence-electron chi connectivity index (χ3n) is 2.75. The lowest BCUT2D eigenvalue weighted by Crippen LogP contribution is -2.46. The molecule has 0 saturated heterocycles. The number of nitrogens with two attached hydrogens (primary N) is 1. The van der Waals surface area contributed by atoms with Crippen LogP contribution in [0.4, 0.5) is 4.79 Å². The van der Waals surface area contributed by atoms with E-state index in [1.54, 1.807) is 24.4 Å². The molecule has 0 bridgehead atoms. The molecule has 1 aromatic rings. The van der Waals surface area contributed by atoms with Gasteiger partial charge in [-0.25, -0.2) is 9.59 Å². The molecule has 1 rings (SSSR count). The molecule has 0 radical (unpaired) electrons. The van der Waals surface area contributed by atoms with E-state index in [0.29, 0.717) is 5.69 Å². The molecule has 1 atom stereocenters. The minimum absolute atomic E-state index is 0.0478. The van der Waals surface area contributed by atoms with Crippen molar-refractivity contribution < 1.29 is 19.5 Å². The van der Waals surface area contributed by atoms with Crippen LogP contribution in [0.3, 0.4) is 0 Å². The predicted octanol–water partition coefficient (Wildman–Crippen LogP) is -0.0583. The monoisotopic (exact) mass is 294 g/mol. The Hall–Kier alpha value is -2.64. The highest BCUT2D eigenvalue weighted by Crippen LogP contribution is 2.02. The Morgan fingerprint density at radius 2 is 2.14 bits per heavy atom. The molecule has 1 heterocycles. The molecule has 8 nitrogen and oxygen atoms in total. The zero-order valence-electron chi connectivity index (χ0n) is 11.7. The number of nitrogens with zero attached hydrogens (tertiary/aromatic N) is 2. The molecule has 21 heavy (non-hydrogen) atoms. The van der Waals surface area contributed by atoms with Crippen LogP contribution < -0.4 is 11.1 Å². The van der Waals surface area contributed by atoms with E-state index < -0.39 is 23.9 Å². The largest absolute Gasteiger partial charge is 0.480 e. The Kier molecular flexibility index (Phi) is 6.12. The molecule has 3 amide bonds. The Bertz CT molecular complexity index is 506. The molecule has 0 saturated carbocycles. The molecule has 0 aliphatic rings. The molecule has 0 fully saturated rings. The molecule has 0 aromatic carbocycles. The number of primary amides is 1. The first kappa shape index (κ1) is 16.4. The maximum absolute atomic E-state index is 11.9. The van der Waals surface area contributed by atoms with Crippen LogP contribution in [0.2, 0.25) is 0 Å². The molecule has 8 heteroatoms. The van der Waals surface area contributed by atoms with Gasteiger partial charge in [-0.2, -0.15) is 0 Å². The number of pyridine rings is 1. The van der Waals surface area contributed by atoms with Crippen LogP contribution in [0.15, 0.2) is 24.4 Å². The number of rotatable bonds is 7. The van der Waals surface area contributed by atoms with E-state index in [9.17, 15) is 14.4 Å². The van der Waals surface area contributed by atoms with Crippen molar-refractivity contribution in [3.05, 3.63) is 30.1 Å². The average molecular weight is 294 g/mol. The second-order valence-corrected chi connectivity index (χ2v) is 4.52. The minimum Gasteiger partial charge on any atom is -0.480 e. The number of aliphatic carboxylic acids is 1. The van der Waals surface area contributed by atoms with Crippen LogP contribution in [0, 0.1) is 0 Å². The Balaban J connectivity index is 2.56. The van der Waals surface area contributed by atoms with Gasteiger partial charge >= 0.3 is 12.0 Å². The Morgan fingerprint density at radius 3 is 2.67 bits per heavy atom. The lowest BCUT2D eigenvalue weighted by molar-refractivity contribution is -0.139. The first-order valence-electron chi connectivity index (χ1n) is 6.32. The summed E-state index contributed by atoms with van der Waals surface area (Å²) >= 11 is 0. The van der Waals surface area contributed by atoms with Crippen molar-refractivity contribution in [3.63, 3.8) is 0 Å². The summed E-state index contributed by atoms with van der Waals surface area (Å²) in [5.41, 5.74) is 5.65. The molecule has 0 spiro atoms. The van der Waals surface area contributed by atoms with E-state index in [1.807, 2.05) is 0 Å². The highest BCUT2D eigenvalue weighted by molar-refractivity contribution is 5.83. The van der Waals surface area contributed by atoms with Crippen LogP contribution in [-0.4, -0.2) is 46.0 Å². The highest BCUT2D eigenvalue weighted by Gasteiger charge is 2.22. The summed E-state index contributed by atoms with van der Waals surface area (Å²) in [5, 5.41) is 11.4. The Morgan fingerprint density at radius 1 is 1.43 bits per heavy atom. The Labute approximate surface area is 121 Å². The standard InChI is InChI=1S/C13H18N4O4/c1-17(8-9-4-2-3-7-15-9)13(21)16-10(12(19)20)5-6-11(14)18/h2-4,7,10H,5-6,8H2,1H3,(H2,14,18)(H,16,21)(H,19,20)/t10-/m0/s1. The van der Waals surface area contributed by atoms with E-state index in [2.05, 4.69) is 10.3 Å². The van der Waals surface area contributed by atoms with Crippen molar-refractivity contribution in [2.45, 2.75) is 25.4 Å². The third-order valence-corrected chi connectivity index (χ3v) is 2.75. The van der Waals surface area contributed by atoms with Crippen LogP contribution in [-0.2, 0) is 16.1 Å². The van der Waals surface area contributed by atoms with E-state index >= 15 is 0 Å². The minimum atomic E-state index is -1.21. The predicted molar refractivity (Wildman–Crippen MR) is 74.1 cm³/mol. The average Bonchev–Trinajstić information content (AvgIpc) is 2.43. The SMILES string of the molecule is CN(Cc1ccccn1)C(=O)N[C@@H](CCC(N)=O)C(=O)O. The molecule has 0 aliphatic heterocycles. The number of carbonyl (C=O) groups excluding carboxylic acids is 2. The molecular formula is C13H18N4O4. The number of carboxylic acid groups (broad SMARTS) is 1. The maximum atomic E-state index is 11.9. The van der Waals surface area contributed by atoms with Gasteiger partial charge < -0.3 is 21.1 Å². The van der Waals surface area contributed by atoms with Gasteiger partial charge in [0.1, 0.15) is 6.04 Å². The second-order valence-electron chi connectivity index (χ2n) is 4.52. The van der Waals surface area contributed by atoms with E-state index in [1.165, 1.54) is 11.9 Å². The number of carbonyl (C=O) groups is 3. The topological polar surface area (TPSA) is 126 Å². The van der Waals surface area contributed by atoms with Gasteiger partial charge in [0.25, 0.3) is 0 Å². The van der Waals surface area contributed by atoms with Crippen LogP contribution >= 0.6 is 0 Å². The van der Waals surface area contributed by atoms with Gasteiger partial charge in [-0.05, 0) is 18.6 Å². The van der Waals surface area contributed by atoms with E-state index in [0.717, 1.165) is 0 Å². The molecule has 114 valence electrons. The number of aromatic nitrogens is 1. The van der Waals surface area contributed by atoms with Gasteiger partial charge in [-0.15, -0.1) is 0 Å². The van der Waals surface area contributed by atoms with Crippen molar-refractivity contribution in [1.82, 2.24) is 15.2 Å². The highest BCUT2D eigenvalue weighted by atomic mass is 16.4. The van der Waals surface area contributed by atoms with Gasteiger partial charge in [0.15, 0.2) is 0 Å². The van der Waals surface area contributed by atoms with Gasteiger partial charge in [-0.3, -0.25) is 9.78 Å². The number of hydrogen-bond donors (Lipinski definition) is 3. The summed E-state index contributed by atoms with van der Waals surface area (Å²) < 4.78 is 0. The van der Waals surface area contributed by atoms with Crippen molar-refractivity contribution in [1.29, 1.82) is 0 Å². The fourth-order valence-electron chi connectivity index (χ4n) is 1.61. The quantitative estimate of drug-likeness (QED) is 0.649. The van der Waals surface area contributed by atoms with Crippen molar-refractivity contribution in [2.75, 3.05) is 7.05 Å². The second kappa shape index (κ2) is 7.83. The number of urea groups is 1. The summed E-state index contributed by atoms with van der Waals surface area (Å²) in [6.07, 6.45) is 1.45. The van der Waals surface area contributed by atoms with E-state index in [4.69, 9.17) is 10.8 Å². The summed E-state index contributed by atoms with van der Waals surface area (Å²) in [4.78, 5) is 39.0. The zero-order chi connectivity index (χ0) is 15.8. The number of carboxylic acids is 1. The molecule has 0 aliphatic carbocycles. The molecule has 1 aromatic heterocycles. The number of nitrogens with one attached hydrogen (secondary N) is 1.